The van der Waals surface area contributed by atoms with Crippen molar-refractivity contribution in [2.45, 2.75) is 36.5 Å². The second-order valence-electron chi connectivity index (χ2n) is 8.82. The Morgan fingerprint density at radius 2 is 2.13 bits per heavy atom. The largest absolute Gasteiger partial charge is 0.453 e. The molecule has 0 radical (unpaired) electrons. The van der Waals surface area contributed by atoms with Crippen LogP contribution in [0.15, 0.2) is 21.8 Å². The maximum absolute atomic E-state index is 13.1. The maximum Gasteiger partial charge on any atom is 0.355 e. The van der Waals surface area contributed by atoms with Crippen LogP contribution in [0, 0.1) is 0 Å². The molecule has 2 aromatic heterocycles. The zero-order valence-corrected chi connectivity index (χ0v) is 23.4. The van der Waals surface area contributed by atoms with Gasteiger partial charge in [-0.2, -0.15) is 0 Å². The fourth-order valence-electron chi connectivity index (χ4n) is 3.70. The first-order valence-electron chi connectivity index (χ1n) is 11.5. The molecule has 0 aliphatic carbocycles. The van der Waals surface area contributed by atoms with Gasteiger partial charge in [0.1, 0.15) is 23.7 Å². The third kappa shape index (κ3) is 6.51. The molecule has 0 bridgehead atoms. The minimum Gasteiger partial charge on any atom is -0.453 e. The number of fused-ring (bicyclic) bond motifs is 1. The van der Waals surface area contributed by atoms with E-state index in [-0.39, 0.29) is 23.8 Å². The molecule has 2 aromatic rings. The Hall–Kier alpha value is -3.02. The molecular formula is C21H27N9O5S3. The third-order valence-corrected chi connectivity index (χ3v) is 8.61. The van der Waals surface area contributed by atoms with E-state index < -0.39 is 29.9 Å². The summed E-state index contributed by atoms with van der Waals surface area (Å²) in [5.41, 5.74) is 6.89. The average molecular weight is 582 g/mol. The van der Waals surface area contributed by atoms with E-state index in [1.807, 2.05) is 19.0 Å². The van der Waals surface area contributed by atoms with Crippen LogP contribution in [0.2, 0.25) is 0 Å². The fourth-order valence-corrected chi connectivity index (χ4v) is 6.65. The monoisotopic (exact) mass is 581 g/mol. The number of nitrogens with two attached hydrogens (primary N) is 1. The minimum atomic E-state index is -0.799. The molecule has 4 heterocycles. The molecule has 14 nitrogen and oxygen atoms in total. The number of ether oxygens (including phenoxy) is 1. The summed E-state index contributed by atoms with van der Waals surface area (Å²) in [6, 6.07) is -0.799. The lowest BCUT2D eigenvalue weighted by molar-refractivity contribution is -0.154. The van der Waals surface area contributed by atoms with E-state index in [1.165, 1.54) is 46.7 Å². The zero-order valence-electron chi connectivity index (χ0n) is 20.9. The van der Waals surface area contributed by atoms with Crippen molar-refractivity contribution in [2.75, 3.05) is 44.5 Å². The number of thioether (sulfide) groups is 2. The van der Waals surface area contributed by atoms with Crippen LogP contribution in [0.25, 0.3) is 0 Å². The van der Waals surface area contributed by atoms with Gasteiger partial charge < -0.3 is 20.7 Å². The quantitative estimate of drug-likeness (QED) is 0.184. The molecule has 3 N–H and O–H groups in total. The first-order chi connectivity index (χ1) is 18.1. The summed E-state index contributed by atoms with van der Waals surface area (Å²) in [4.78, 5) is 57.5. The van der Waals surface area contributed by atoms with Gasteiger partial charge in [-0.25, -0.2) is 14.5 Å². The number of tetrazole rings is 1. The van der Waals surface area contributed by atoms with Crippen LogP contribution < -0.4 is 11.1 Å². The van der Waals surface area contributed by atoms with Crippen LogP contribution >= 0.6 is 34.9 Å². The van der Waals surface area contributed by atoms with Crippen LogP contribution in [-0.2, 0) is 36.9 Å². The first kappa shape index (κ1) is 28.0. The Kier molecular flexibility index (Phi) is 9.01. The number of nitrogens with one attached hydrogen (secondary N) is 1. The number of carbonyl (C=O) groups excluding carboxylic acids is 4. The minimum absolute atomic E-state index is 0.0113. The molecule has 2 aliphatic rings. The topological polar surface area (TPSA) is 179 Å². The van der Waals surface area contributed by atoms with Gasteiger partial charge in [0, 0.05) is 23.4 Å². The van der Waals surface area contributed by atoms with E-state index in [0.717, 1.165) is 6.54 Å². The molecule has 0 saturated carbocycles. The number of anilines is 1. The average Bonchev–Trinajstić information content (AvgIpc) is 3.50. The molecule has 0 spiro atoms. The van der Waals surface area contributed by atoms with E-state index in [2.05, 4.69) is 25.8 Å². The second kappa shape index (κ2) is 12.2. The lowest BCUT2D eigenvalue weighted by Crippen LogP contribution is -2.70. The molecule has 38 heavy (non-hydrogen) atoms. The molecule has 17 heteroatoms. The Balaban J connectivity index is 1.48. The molecule has 4 rings (SSSR count). The molecule has 2 atom stereocenters. The fraction of sp³-hybridized carbons (Fsp3) is 0.524. The van der Waals surface area contributed by atoms with Crippen molar-refractivity contribution in [3.05, 3.63) is 22.3 Å². The Labute approximate surface area is 230 Å². The highest BCUT2D eigenvalue weighted by molar-refractivity contribution is 8.01. The summed E-state index contributed by atoms with van der Waals surface area (Å²) in [7, 11) is 3.90. The van der Waals surface area contributed by atoms with E-state index in [4.69, 9.17) is 10.5 Å². The lowest BCUT2D eigenvalue weighted by Gasteiger charge is -2.49. The molecule has 1 saturated heterocycles. The number of esters is 1. The summed E-state index contributed by atoms with van der Waals surface area (Å²) in [6.07, 6.45) is -0.0113. The summed E-state index contributed by atoms with van der Waals surface area (Å²) >= 11 is 4.00. The number of likely N-dealkylation sites (N-methyl/N-ethyl adjacent to an activating group) is 1. The van der Waals surface area contributed by atoms with Crippen molar-refractivity contribution in [3.63, 3.8) is 0 Å². The number of nitrogens with zero attached hydrogens (tertiary/aromatic N) is 7. The molecule has 0 aromatic carbocycles. The van der Waals surface area contributed by atoms with Gasteiger partial charge in [-0.05, 0) is 37.0 Å². The number of nitrogen functional groups attached to an aromatic ring is 1. The van der Waals surface area contributed by atoms with Gasteiger partial charge in [-0.15, -0.1) is 28.2 Å². The highest BCUT2D eigenvalue weighted by Crippen LogP contribution is 2.41. The molecular weight excluding hydrogens is 554 g/mol. The molecule has 1 fully saturated rings. The van der Waals surface area contributed by atoms with Crippen LogP contribution in [0.5, 0.6) is 0 Å². The number of carbonyl (C=O) groups is 4. The van der Waals surface area contributed by atoms with E-state index >= 15 is 0 Å². The van der Waals surface area contributed by atoms with Gasteiger partial charge in [0.25, 0.3) is 5.91 Å². The zero-order chi connectivity index (χ0) is 27.4. The first-order valence-corrected chi connectivity index (χ1v) is 14.4. The highest BCUT2D eigenvalue weighted by atomic mass is 32.2. The Bertz CT molecular complexity index is 1260. The molecule has 204 valence electrons. The predicted octanol–water partition coefficient (Wildman–Crippen LogP) is -0.606. The normalized spacial score (nSPS) is 18.8. The second-order valence-corrected chi connectivity index (χ2v) is 11.8. The number of thiazole rings is 1. The number of Topliss-reactive ketones (excluding diaryl/α,β-unsaturated/α-hetero) is 1. The number of ketones is 1. The summed E-state index contributed by atoms with van der Waals surface area (Å²) < 4.78 is 6.86. The van der Waals surface area contributed by atoms with Crippen LogP contribution in [0.3, 0.4) is 0 Å². The van der Waals surface area contributed by atoms with Crippen molar-refractivity contribution in [3.8, 4) is 0 Å². The van der Waals surface area contributed by atoms with Crippen molar-refractivity contribution in [1.29, 1.82) is 0 Å². The standard InChI is InChI=1S/C21H27N9O5S3/c1-11(31)7-35-19(34)16-12(9-38-21-25-26-27-29(21)5-4-28(2)3)8-36-18-15(17(33)30(16)18)24-14(32)6-13-10-37-20(22)23-13/h10,15,18H,4-9H2,1-3H3,(H2,22,23)(H,24,32)/t15-,18-/m0/s1. The molecule has 2 aliphatic heterocycles. The predicted molar refractivity (Wildman–Crippen MR) is 141 cm³/mol. The Morgan fingerprint density at radius 1 is 1.34 bits per heavy atom. The maximum atomic E-state index is 13.1. The number of amides is 2. The van der Waals surface area contributed by atoms with Gasteiger partial charge in [0.05, 0.1) is 18.7 Å². The summed E-state index contributed by atoms with van der Waals surface area (Å²) in [6.45, 7) is 2.24. The number of β-lactam (4-membered cyclic amide) rings is 1. The van der Waals surface area contributed by atoms with E-state index in [1.54, 1.807) is 10.1 Å². The van der Waals surface area contributed by atoms with Gasteiger partial charge >= 0.3 is 5.97 Å². The SMILES string of the molecule is CC(=O)COC(=O)C1=C(CSc2nnnn2CCN(C)C)CS[C@H]2[C@@H](NC(=O)Cc3csc(N)n3)C(=O)N12. The highest BCUT2D eigenvalue weighted by Gasteiger charge is 2.54. The number of hydrogen-bond acceptors (Lipinski definition) is 14. The van der Waals surface area contributed by atoms with E-state index in [9.17, 15) is 19.2 Å². The van der Waals surface area contributed by atoms with Gasteiger partial charge in [0.15, 0.2) is 10.9 Å². The van der Waals surface area contributed by atoms with Gasteiger partial charge in [-0.1, -0.05) is 11.8 Å². The number of rotatable bonds is 12. The van der Waals surface area contributed by atoms with Gasteiger partial charge in [-0.3, -0.25) is 19.3 Å². The smallest absolute Gasteiger partial charge is 0.355 e. The van der Waals surface area contributed by atoms with E-state index in [0.29, 0.717) is 39.6 Å². The van der Waals surface area contributed by atoms with Crippen LogP contribution in [0.4, 0.5) is 5.13 Å². The number of aromatic nitrogens is 5. The molecule has 2 amide bonds. The van der Waals surface area contributed by atoms with Crippen molar-refractivity contribution in [1.82, 2.24) is 40.3 Å². The lowest BCUT2D eigenvalue weighted by atomic mass is 10.0. The van der Waals surface area contributed by atoms with Gasteiger partial charge in [0.2, 0.25) is 11.1 Å². The Morgan fingerprint density at radius 3 is 2.82 bits per heavy atom. The molecule has 0 unspecified atom stereocenters. The van der Waals surface area contributed by atoms with Crippen LogP contribution in [0.1, 0.15) is 12.6 Å². The van der Waals surface area contributed by atoms with Crippen LogP contribution in [-0.4, -0.2) is 109 Å². The summed E-state index contributed by atoms with van der Waals surface area (Å²) in [5.74, 6) is -1.13. The van der Waals surface area contributed by atoms with Crippen molar-refractivity contribution in [2.24, 2.45) is 0 Å². The van der Waals surface area contributed by atoms with Crippen molar-refractivity contribution >= 4 is 63.6 Å². The summed E-state index contributed by atoms with van der Waals surface area (Å²) in [5, 5.41) is 16.7. The van der Waals surface area contributed by atoms with Crippen molar-refractivity contribution < 1.29 is 23.9 Å². The number of hydrogen-bond donors (Lipinski definition) is 2. The third-order valence-electron chi connectivity index (χ3n) is 5.51.